The average molecular weight is 444 g/mol. The van der Waals surface area contributed by atoms with Crippen LogP contribution in [-0.4, -0.2) is 57.1 Å². The molecule has 0 aromatic heterocycles. The summed E-state index contributed by atoms with van der Waals surface area (Å²) in [4.78, 5) is 14.6. The SMILES string of the molecule is O=C(NCC1(c2ccc3c(c2)OCCO3)CCCC1)C1=CN2CCS(=O)(=O)N=C2C=C1. The second-order valence-electron chi connectivity index (χ2n) is 8.38. The molecule has 0 unspecified atom stereocenters. The second-order valence-corrected chi connectivity index (χ2v) is 10.1. The van der Waals surface area contributed by atoms with E-state index in [-0.39, 0.29) is 17.1 Å². The van der Waals surface area contributed by atoms with E-state index in [9.17, 15) is 13.2 Å². The first-order valence-electron chi connectivity index (χ1n) is 10.6. The molecule has 0 saturated heterocycles. The molecule has 5 rings (SSSR count). The largest absolute Gasteiger partial charge is 0.486 e. The summed E-state index contributed by atoms with van der Waals surface area (Å²) < 4.78 is 38.5. The molecule has 0 radical (unpaired) electrons. The van der Waals surface area contributed by atoms with Crippen molar-refractivity contribution in [3.05, 3.63) is 47.7 Å². The predicted molar refractivity (Wildman–Crippen MR) is 116 cm³/mol. The lowest BCUT2D eigenvalue weighted by molar-refractivity contribution is -0.117. The van der Waals surface area contributed by atoms with E-state index in [2.05, 4.69) is 21.8 Å². The summed E-state index contributed by atoms with van der Waals surface area (Å²) in [6, 6.07) is 6.10. The Hall–Kier alpha value is -2.81. The van der Waals surface area contributed by atoms with Crippen molar-refractivity contribution in [2.45, 2.75) is 31.1 Å². The van der Waals surface area contributed by atoms with E-state index in [1.54, 1.807) is 23.3 Å². The average Bonchev–Trinajstić information content (AvgIpc) is 3.26. The molecule has 1 saturated carbocycles. The van der Waals surface area contributed by atoms with Crippen LogP contribution in [0.2, 0.25) is 0 Å². The van der Waals surface area contributed by atoms with E-state index >= 15 is 0 Å². The third-order valence-corrected chi connectivity index (χ3v) is 7.55. The Bertz CT molecular complexity index is 1100. The van der Waals surface area contributed by atoms with E-state index in [4.69, 9.17) is 9.47 Å². The van der Waals surface area contributed by atoms with Gasteiger partial charge < -0.3 is 19.7 Å². The van der Waals surface area contributed by atoms with Gasteiger partial charge in [-0.2, -0.15) is 0 Å². The summed E-state index contributed by atoms with van der Waals surface area (Å²) in [6.45, 7) is 1.94. The number of fused-ring (bicyclic) bond motifs is 2. The van der Waals surface area contributed by atoms with Crippen LogP contribution >= 0.6 is 0 Å². The predicted octanol–water partition coefficient (Wildman–Crippen LogP) is 1.88. The molecule has 1 fully saturated rings. The van der Waals surface area contributed by atoms with Crippen molar-refractivity contribution in [1.82, 2.24) is 10.2 Å². The van der Waals surface area contributed by atoms with Crippen LogP contribution in [0.15, 0.2) is 46.5 Å². The van der Waals surface area contributed by atoms with Crippen molar-refractivity contribution in [2.24, 2.45) is 4.40 Å². The minimum atomic E-state index is -3.41. The van der Waals surface area contributed by atoms with Gasteiger partial charge in [0.15, 0.2) is 11.5 Å². The van der Waals surface area contributed by atoms with Crippen LogP contribution in [-0.2, 0) is 20.2 Å². The number of nitrogens with zero attached hydrogens (tertiary/aromatic N) is 2. The number of ether oxygens (including phenoxy) is 2. The lowest BCUT2D eigenvalue weighted by Gasteiger charge is -2.32. The molecule has 8 nitrogen and oxygen atoms in total. The molecular weight excluding hydrogens is 418 g/mol. The Morgan fingerprint density at radius 1 is 1.13 bits per heavy atom. The van der Waals surface area contributed by atoms with Crippen LogP contribution in [0.25, 0.3) is 0 Å². The number of rotatable bonds is 4. The normalized spacial score (nSPS) is 22.9. The third kappa shape index (κ3) is 3.94. The minimum absolute atomic E-state index is 0.0526. The fourth-order valence-corrected chi connectivity index (χ4v) is 5.65. The topological polar surface area (TPSA) is 97.3 Å². The monoisotopic (exact) mass is 443 g/mol. The maximum absolute atomic E-state index is 12.9. The first-order chi connectivity index (χ1) is 14.9. The number of nitrogens with one attached hydrogen (secondary N) is 1. The van der Waals surface area contributed by atoms with Gasteiger partial charge in [-0.1, -0.05) is 18.9 Å². The Labute approximate surface area is 181 Å². The summed E-state index contributed by atoms with van der Waals surface area (Å²) in [5.74, 6) is 1.67. The molecule has 1 aromatic rings. The van der Waals surface area contributed by atoms with E-state index in [0.29, 0.717) is 37.7 Å². The summed E-state index contributed by atoms with van der Waals surface area (Å²) >= 11 is 0. The van der Waals surface area contributed by atoms with Gasteiger partial charge in [0.2, 0.25) is 0 Å². The highest BCUT2D eigenvalue weighted by Gasteiger charge is 2.37. The van der Waals surface area contributed by atoms with Crippen molar-refractivity contribution < 1.29 is 22.7 Å². The van der Waals surface area contributed by atoms with Crippen molar-refractivity contribution in [3.63, 3.8) is 0 Å². The zero-order chi connectivity index (χ0) is 21.5. The summed E-state index contributed by atoms with van der Waals surface area (Å²) in [7, 11) is -3.41. The number of amides is 1. The first-order valence-corrected chi connectivity index (χ1v) is 12.2. The third-order valence-electron chi connectivity index (χ3n) is 6.39. The van der Waals surface area contributed by atoms with E-state index in [1.807, 2.05) is 6.07 Å². The Morgan fingerprint density at radius 2 is 1.90 bits per heavy atom. The molecule has 1 N–H and O–H groups in total. The van der Waals surface area contributed by atoms with E-state index < -0.39 is 10.0 Å². The van der Waals surface area contributed by atoms with Gasteiger partial charge in [-0.25, -0.2) is 8.42 Å². The lowest BCUT2D eigenvalue weighted by atomic mass is 9.78. The summed E-state index contributed by atoms with van der Waals surface area (Å²) in [6.07, 6.45) is 9.12. The fraction of sp³-hybridized carbons (Fsp3) is 0.455. The molecule has 3 heterocycles. The van der Waals surface area contributed by atoms with Crippen molar-refractivity contribution in [3.8, 4) is 11.5 Å². The van der Waals surface area contributed by atoms with Crippen LogP contribution in [0.5, 0.6) is 11.5 Å². The Kier molecular flexibility index (Phi) is 5.00. The van der Waals surface area contributed by atoms with Gasteiger partial charge >= 0.3 is 0 Å². The van der Waals surface area contributed by atoms with Crippen LogP contribution < -0.4 is 14.8 Å². The quantitative estimate of drug-likeness (QED) is 0.763. The second kappa shape index (κ2) is 7.71. The number of hydrogen-bond acceptors (Lipinski definition) is 6. The first kappa shape index (κ1) is 20.1. The zero-order valence-electron chi connectivity index (χ0n) is 17.2. The molecule has 164 valence electrons. The molecule has 3 aliphatic heterocycles. The van der Waals surface area contributed by atoms with Gasteiger partial charge in [-0.05, 0) is 42.7 Å². The van der Waals surface area contributed by atoms with Gasteiger partial charge in [-0.3, -0.25) is 4.79 Å². The Balaban J connectivity index is 1.32. The number of hydrogen-bond donors (Lipinski definition) is 1. The molecule has 9 heteroatoms. The van der Waals surface area contributed by atoms with Gasteiger partial charge in [0.1, 0.15) is 19.0 Å². The highest BCUT2D eigenvalue weighted by Crippen LogP contribution is 2.43. The smallest absolute Gasteiger partial charge is 0.256 e. The molecule has 4 aliphatic rings. The molecule has 31 heavy (non-hydrogen) atoms. The highest BCUT2D eigenvalue weighted by molar-refractivity contribution is 7.90. The van der Waals surface area contributed by atoms with Gasteiger partial charge in [0, 0.05) is 24.7 Å². The van der Waals surface area contributed by atoms with Gasteiger partial charge in [-0.15, -0.1) is 4.40 Å². The fourth-order valence-electron chi connectivity index (χ4n) is 4.68. The van der Waals surface area contributed by atoms with Crippen LogP contribution in [0, 0.1) is 0 Å². The maximum Gasteiger partial charge on any atom is 0.256 e. The zero-order valence-corrected chi connectivity index (χ0v) is 18.0. The molecule has 0 bridgehead atoms. The number of sulfonamides is 1. The van der Waals surface area contributed by atoms with Crippen LogP contribution in [0.3, 0.4) is 0 Å². The minimum Gasteiger partial charge on any atom is -0.486 e. The molecule has 0 atom stereocenters. The highest BCUT2D eigenvalue weighted by atomic mass is 32.2. The molecule has 1 aliphatic carbocycles. The van der Waals surface area contributed by atoms with Gasteiger partial charge in [0.05, 0.1) is 11.3 Å². The Morgan fingerprint density at radius 3 is 2.71 bits per heavy atom. The summed E-state index contributed by atoms with van der Waals surface area (Å²) in [5, 5.41) is 3.11. The van der Waals surface area contributed by atoms with Crippen molar-refractivity contribution in [2.75, 3.05) is 32.1 Å². The van der Waals surface area contributed by atoms with Crippen LogP contribution in [0.4, 0.5) is 0 Å². The van der Waals surface area contributed by atoms with Crippen molar-refractivity contribution >= 4 is 21.8 Å². The molecule has 0 spiro atoms. The number of benzene rings is 1. The number of amidine groups is 1. The molecular formula is C22H25N3O5S. The van der Waals surface area contributed by atoms with Crippen molar-refractivity contribution in [1.29, 1.82) is 0 Å². The number of carbonyl (C=O) groups is 1. The van der Waals surface area contributed by atoms with Crippen LogP contribution in [0.1, 0.15) is 31.2 Å². The van der Waals surface area contributed by atoms with Gasteiger partial charge in [0.25, 0.3) is 15.9 Å². The number of carbonyl (C=O) groups excluding carboxylic acids is 1. The van der Waals surface area contributed by atoms with E-state index in [0.717, 1.165) is 37.2 Å². The standard InChI is InChI=1S/C22H25N3O5S/c26-21(16-3-6-20-24-31(27,28)12-9-25(20)14-16)23-15-22(7-1-2-8-22)17-4-5-18-19(13-17)30-11-10-29-18/h3-6,13-14H,1-2,7-12,15H2,(H,23,26). The van der Waals surface area contributed by atoms with E-state index in [1.165, 1.54) is 5.56 Å². The maximum atomic E-state index is 12.9. The molecule has 1 aromatic carbocycles. The molecule has 1 amide bonds. The summed E-state index contributed by atoms with van der Waals surface area (Å²) in [5.41, 5.74) is 1.53. The lowest BCUT2D eigenvalue weighted by Crippen LogP contribution is -2.41.